The summed E-state index contributed by atoms with van der Waals surface area (Å²) in [6.45, 7) is 3.39. The second-order valence-corrected chi connectivity index (χ2v) is 11.6. The molecular formula is C32H33ClN4O2. The minimum absolute atomic E-state index is 0.0854. The van der Waals surface area contributed by atoms with Gasteiger partial charge < -0.3 is 14.6 Å². The summed E-state index contributed by atoms with van der Waals surface area (Å²) in [5, 5.41) is 1.66. The zero-order chi connectivity index (χ0) is 26.3. The number of carbonyl (C=O) groups is 1. The monoisotopic (exact) mass is 540 g/mol. The number of nitrogens with one attached hydrogen (secondary N) is 1. The first-order chi connectivity index (χ1) is 19.1. The lowest BCUT2D eigenvalue weighted by Gasteiger charge is -2.42. The number of pyridine rings is 1. The fourth-order valence-corrected chi connectivity index (χ4v) is 7.11. The first-order valence-electron chi connectivity index (χ1n) is 14.1. The molecule has 7 rings (SSSR count). The Balaban J connectivity index is 0.994. The van der Waals surface area contributed by atoms with Gasteiger partial charge in [-0.3, -0.25) is 9.69 Å². The van der Waals surface area contributed by atoms with E-state index in [-0.39, 0.29) is 5.91 Å². The van der Waals surface area contributed by atoms with Crippen molar-refractivity contribution in [2.75, 3.05) is 26.2 Å². The second kappa shape index (κ2) is 10.3. The van der Waals surface area contributed by atoms with Crippen molar-refractivity contribution in [2.24, 2.45) is 0 Å². The van der Waals surface area contributed by atoms with Crippen LogP contribution >= 0.6 is 11.6 Å². The summed E-state index contributed by atoms with van der Waals surface area (Å²) in [5.41, 5.74) is 5.21. The Labute approximate surface area is 233 Å². The molecule has 0 bridgehead atoms. The van der Waals surface area contributed by atoms with Crippen molar-refractivity contribution < 1.29 is 9.53 Å². The molecule has 1 amide bonds. The molecule has 1 saturated carbocycles. The summed E-state index contributed by atoms with van der Waals surface area (Å²) in [5.74, 6) is 1.54. The minimum atomic E-state index is -0.506. The summed E-state index contributed by atoms with van der Waals surface area (Å²) < 4.78 is 6.39. The molecule has 0 spiro atoms. The number of aromatic amines is 1. The molecule has 7 heteroatoms. The lowest BCUT2D eigenvalue weighted by atomic mass is 9.81. The van der Waals surface area contributed by atoms with E-state index in [2.05, 4.69) is 45.2 Å². The molecule has 0 radical (unpaired) electrons. The number of benzene rings is 2. The van der Waals surface area contributed by atoms with Crippen molar-refractivity contribution in [1.29, 1.82) is 0 Å². The van der Waals surface area contributed by atoms with E-state index < -0.39 is 6.10 Å². The van der Waals surface area contributed by atoms with Crippen LogP contribution in [0.4, 0.5) is 0 Å². The molecular weight excluding hydrogens is 508 g/mol. The third-order valence-electron chi connectivity index (χ3n) is 8.93. The average molecular weight is 541 g/mol. The number of H-pyrrole nitrogens is 1. The minimum Gasteiger partial charge on any atom is -0.479 e. The highest BCUT2D eigenvalue weighted by molar-refractivity contribution is 6.31. The van der Waals surface area contributed by atoms with Gasteiger partial charge in [-0.25, -0.2) is 4.98 Å². The molecule has 1 N–H and O–H groups in total. The predicted octanol–water partition coefficient (Wildman–Crippen LogP) is 6.06. The number of rotatable bonds is 4. The number of carbonyl (C=O) groups excluding carboxylic acids is 1. The Bertz CT molecular complexity index is 1490. The van der Waals surface area contributed by atoms with Crippen molar-refractivity contribution in [3.8, 4) is 16.9 Å². The van der Waals surface area contributed by atoms with E-state index in [1.165, 1.54) is 31.2 Å². The van der Waals surface area contributed by atoms with Gasteiger partial charge >= 0.3 is 0 Å². The summed E-state index contributed by atoms with van der Waals surface area (Å²) in [4.78, 5) is 25.8. The third kappa shape index (κ3) is 4.70. The normalized spacial score (nSPS) is 23.5. The number of amides is 1. The van der Waals surface area contributed by atoms with Crippen LogP contribution in [0, 0.1) is 0 Å². The van der Waals surface area contributed by atoms with Crippen LogP contribution in [0.1, 0.15) is 42.7 Å². The van der Waals surface area contributed by atoms with Crippen LogP contribution < -0.4 is 4.74 Å². The maximum Gasteiger partial charge on any atom is 0.264 e. The molecule has 2 fully saturated rings. The van der Waals surface area contributed by atoms with Crippen molar-refractivity contribution in [1.82, 2.24) is 19.8 Å². The number of piperazine rings is 1. The summed E-state index contributed by atoms with van der Waals surface area (Å²) in [6, 6.07) is 19.4. The highest BCUT2D eigenvalue weighted by Crippen LogP contribution is 2.43. The quantitative estimate of drug-likeness (QED) is 0.342. The smallest absolute Gasteiger partial charge is 0.264 e. The zero-order valence-electron chi connectivity index (χ0n) is 22.0. The van der Waals surface area contributed by atoms with Crippen molar-refractivity contribution in [3.63, 3.8) is 0 Å². The third-order valence-corrected chi connectivity index (χ3v) is 9.15. The average Bonchev–Trinajstić information content (AvgIpc) is 3.64. The first-order valence-corrected chi connectivity index (χ1v) is 14.5. The van der Waals surface area contributed by atoms with Crippen molar-refractivity contribution in [3.05, 3.63) is 83.1 Å². The van der Waals surface area contributed by atoms with Crippen LogP contribution in [-0.4, -0.2) is 64.0 Å². The van der Waals surface area contributed by atoms with E-state index in [9.17, 15) is 4.79 Å². The van der Waals surface area contributed by atoms with Crippen LogP contribution in [0.3, 0.4) is 0 Å². The molecule has 3 aliphatic rings. The van der Waals surface area contributed by atoms with E-state index in [0.717, 1.165) is 59.7 Å². The standard InChI is InChI=1S/C32H33ClN4O2/c33-24-18-23-19-29(39-30(23)28(20-24)26-10-12-34-31-27(26)11-13-35-31)32(38)37-16-14-36(15-17-37)25-8-6-22(7-9-25)21-4-2-1-3-5-21/h1-5,10-13,18,20,22,25,29H,6-9,14-17,19H2,(H,34,35)/t22-,25-,29?. The van der Waals surface area contributed by atoms with Gasteiger partial charge in [-0.1, -0.05) is 41.9 Å². The second-order valence-electron chi connectivity index (χ2n) is 11.1. The molecule has 4 heterocycles. The molecule has 1 saturated heterocycles. The highest BCUT2D eigenvalue weighted by Gasteiger charge is 2.37. The largest absolute Gasteiger partial charge is 0.479 e. The molecule has 2 aliphatic heterocycles. The summed E-state index contributed by atoms with van der Waals surface area (Å²) in [6.07, 6.45) is 8.68. The number of hydrogen-bond donors (Lipinski definition) is 1. The van der Waals surface area contributed by atoms with Gasteiger partial charge in [0, 0.05) is 72.6 Å². The molecule has 6 nitrogen and oxygen atoms in total. The zero-order valence-corrected chi connectivity index (χ0v) is 22.7. The molecule has 1 aliphatic carbocycles. The number of hydrogen-bond acceptors (Lipinski definition) is 4. The molecule has 200 valence electrons. The predicted molar refractivity (Wildman–Crippen MR) is 154 cm³/mol. The van der Waals surface area contributed by atoms with Gasteiger partial charge in [0.1, 0.15) is 11.4 Å². The number of halogens is 1. The van der Waals surface area contributed by atoms with Crippen molar-refractivity contribution in [2.45, 2.75) is 50.2 Å². The SMILES string of the molecule is O=C(C1Cc2cc(Cl)cc(-c3ccnc4[nH]ccc34)c2O1)N1CCN([C@H]2CC[C@H](c3ccccc3)CC2)CC1. The van der Waals surface area contributed by atoms with Crippen molar-refractivity contribution >= 4 is 28.5 Å². The number of nitrogens with zero attached hydrogens (tertiary/aromatic N) is 3. The van der Waals surface area contributed by atoms with Gasteiger partial charge in [-0.2, -0.15) is 0 Å². The maximum atomic E-state index is 13.6. The molecule has 1 atom stereocenters. The molecule has 2 aromatic carbocycles. The summed E-state index contributed by atoms with van der Waals surface area (Å²) in [7, 11) is 0. The van der Waals surface area contributed by atoms with Crippen LogP contribution in [0.15, 0.2) is 67.0 Å². The topological polar surface area (TPSA) is 61.5 Å². The fourth-order valence-electron chi connectivity index (χ4n) is 6.87. The van der Waals surface area contributed by atoms with Crippen LogP contribution in [0.5, 0.6) is 5.75 Å². The van der Waals surface area contributed by atoms with E-state index >= 15 is 0 Å². The molecule has 4 aromatic rings. The number of aromatic nitrogens is 2. The lowest BCUT2D eigenvalue weighted by molar-refractivity contribution is -0.140. The van der Waals surface area contributed by atoms with Crippen LogP contribution in [-0.2, 0) is 11.2 Å². The highest BCUT2D eigenvalue weighted by atomic mass is 35.5. The van der Waals surface area contributed by atoms with E-state index in [1.54, 1.807) is 6.20 Å². The first kappa shape index (κ1) is 24.7. The Morgan fingerprint density at radius 1 is 0.949 bits per heavy atom. The van der Waals surface area contributed by atoms with E-state index in [1.807, 2.05) is 35.4 Å². The van der Waals surface area contributed by atoms with Gasteiger partial charge in [-0.15, -0.1) is 0 Å². The van der Waals surface area contributed by atoms with E-state index in [4.69, 9.17) is 16.3 Å². The Morgan fingerprint density at radius 3 is 2.54 bits per heavy atom. The van der Waals surface area contributed by atoms with Crippen LogP contribution in [0.2, 0.25) is 5.02 Å². The maximum absolute atomic E-state index is 13.6. The van der Waals surface area contributed by atoms with Gasteiger partial charge in [0.2, 0.25) is 0 Å². The number of ether oxygens (including phenoxy) is 1. The Kier molecular flexibility index (Phi) is 6.53. The van der Waals surface area contributed by atoms with Gasteiger partial charge in [0.15, 0.2) is 6.10 Å². The van der Waals surface area contributed by atoms with Crippen LogP contribution in [0.25, 0.3) is 22.2 Å². The van der Waals surface area contributed by atoms with Gasteiger partial charge in [0.25, 0.3) is 5.91 Å². The summed E-state index contributed by atoms with van der Waals surface area (Å²) >= 11 is 6.53. The van der Waals surface area contributed by atoms with Gasteiger partial charge in [0.05, 0.1) is 0 Å². The lowest BCUT2D eigenvalue weighted by Crippen LogP contribution is -2.54. The molecule has 2 aromatic heterocycles. The number of fused-ring (bicyclic) bond motifs is 2. The Hall–Kier alpha value is -3.35. The molecule has 1 unspecified atom stereocenters. The molecule has 39 heavy (non-hydrogen) atoms. The Morgan fingerprint density at radius 2 is 1.74 bits per heavy atom. The van der Waals surface area contributed by atoms with Gasteiger partial charge in [-0.05, 0) is 67.0 Å². The van der Waals surface area contributed by atoms with E-state index in [0.29, 0.717) is 23.4 Å². The fraction of sp³-hybridized carbons (Fsp3) is 0.375.